The largest absolute Gasteiger partial charge is 0.465 e. The quantitative estimate of drug-likeness (QED) is 0.323. The number of pyridine rings is 1. The fourth-order valence-corrected chi connectivity index (χ4v) is 6.36. The maximum Gasteiger partial charge on any atom is 0.338 e. The van der Waals surface area contributed by atoms with Crippen LogP contribution in [0.4, 0.5) is 10.1 Å². The third-order valence-corrected chi connectivity index (χ3v) is 8.07. The second kappa shape index (κ2) is 11.4. The Morgan fingerprint density at radius 2 is 1.93 bits per heavy atom. The van der Waals surface area contributed by atoms with Crippen molar-refractivity contribution in [2.75, 3.05) is 18.1 Å². The molecular weight excluding hydrogens is 533 g/mol. The van der Waals surface area contributed by atoms with E-state index in [-0.39, 0.29) is 36.6 Å². The number of nitrogens with zero attached hydrogens (tertiary/aromatic N) is 2. The van der Waals surface area contributed by atoms with Gasteiger partial charge in [0.05, 0.1) is 30.4 Å². The van der Waals surface area contributed by atoms with Crippen molar-refractivity contribution in [3.05, 3.63) is 105 Å². The van der Waals surface area contributed by atoms with Crippen LogP contribution in [0.5, 0.6) is 0 Å². The van der Waals surface area contributed by atoms with Crippen LogP contribution in [0.1, 0.15) is 42.5 Å². The number of ether oxygens (including phenoxy) is 2. The number of hydrogen-bond acceptors (Lipinski definition) is 9. The lowest BCUT2D eigenvalue weighted by atomic mass is 9.68. The lowest BCUT2D eigenvalue weighted by molar-refractivity contribution is -0.152. The standard InChI is InChI=1S/C30H28FN3O5S/c1-3-38-29(36)24-20(22-11-7-13-40-22)15-21-25(27(24)35)23(17-8-6-12-33-16-17)26(30(37)39-4-2)28(32)34(21)19-10-5-9-18(31)14-19/h5-14,16,20,23-24H,3-4,15,32H2,1-2H3/t20-,23+,24+/m1/s1. The fourth-order valence-electron chi connectivity index (χ4n) is 5.50. The molecule has 2 aromatic heterocycles. The van der Waals surface area contributed by atoms with E-state index in [1.165, 1.54) is 34.4 Å². The molecule has 2 aliphatic rings. The van der Waals surface area contributed by atoms with Crippen LogP contribution in [0.2, 0.25) is 0 Å². The van der Waals surface area contributed by atoms with Gasteiger partial charge in [0.2, 0.25) is 0 Å². The molecule has 40 heavy (non-hydrogen) atoms. The molecule has 3 heterocycles. The van der Waals surface area contributed by atoms with Crippen LogP contribution in [0.25, 0.3) is 0 Å². The molecule has 1 aromatic carbocycles. The number of aromatic nitrogens is 1. The summed E-state index contributed by atoms with van der Waals surface area (Å²) in [5, 5.41) is 1.88. The predicted molar refractivity (Wildman–Crippen MR) is 148 cm³/mol. The Kier molecular flexibility index (Phi) is 7.79. The summed E-state index contributed by atoms with van der Waals surface area (Å²) >= 11 is 1.43. The molecule has 0 radical (unpaired) electrons. The van der Waals surface area contributed by atoms with Crippen LogP contribution in [-0.2, 0) is 23.9 Å². The maximum atomic E-state index is 14.6. The Hall–Kier alpha value is -4.31. The molecule has 8 nitrogen and oxygen atoms in total. The summed E-state index contributed by atoms with van der Waals surface area (Å²) in [4.78, 5) is 48.0. The highest BCUT2D eigenvalue weighted by atomic mass is 32.1. The minimum absolute atomic E-state index is 0.0170. The van der Waals surface area contributed by atoms with Gasteiger partial charge in [0.25, 0.3) is 0 Å². The fraction of sp³-hybridized carbons (Fsp3) is 0.267. The average molecular weight is 562 g/mol. The lowest BCUT2D eigenvalue weighted by Crippen LogP contribution is -2.46. The lowest BCUT2D eigenvalue weighted by Gasteiger charge is -2.43. The van der Waals surface area contributed by atoms with Crippen LogP contribution >= 0.6 is 11.3 Å². The Morgan fingerprint density at radius 3 is 2.58 bits per heavy atom. The molecule has 206 valence electrons. The second-order valence-corrected chi connectivity index (χ2v) is 10.3. The van der Waals surface area contributed by atoms with Crippen LogP contribution in [0, 0.1) is 11.7 Å². The molecule has 0 amide bonds. The van der Waals surface area contributed by atoms with Crippen molar-refractivity contribution in [2.45, 2.75) is 32.1 Å². The van der Waals surface area contributed by atoms with E-state index in [0.29, 0.717) is 16.9 Å². The first-order valence-corrected chi connectivity index (χ1v) is 13.8. The SMILES string of the molecule is CCOC(=O)C1=C(N)N(c2cccc(F)c2)C2=C(C(=O)[C@@H](C(=O)OCC)[C@@H](c3cccs3)C2)[C@@H]1c1cccnc1. The molecule has 2 N–H and O–H groups in total. The highest BCUT2D eigenvalue weighted by Crippen LogP contribution is 2.52. The van der Waals surface area contributed by atoms with E-state index < -0.39 is 41.3 Å². The molecule has 0 bridgehead atoms. The smallest absolute Gasteiger partial charge is 0.338 e. The molecule has 0 unspecified atom stereocenters. The number of carbonyl (C=O) groups excluding carboxylic acids is 3. The molecule has 10 heteroatoms. The van der Waals surface area contributed by atoms with Gasteiger partial charge >= 0.3 is 11.9 Å². The van der Waals surface area contributed by atoms with Crippen molar-refractivity contribution in [1.29, 1.82) is 0 Å². The zero-order valence-corrected chi connectivity index (χ0v) is 22.8. The molecule has 1 aliphatic carbocycles. The summed E-state index contributed by atoms with van der Waals surface area (Å²) in [5.74, 6) is -4.99. The predicted octanol–water partition coefficient (Wildman–Crippen LogP) is 4.81. The summed E-state index contributed by atoms with van der Waals surface area (Å²) in [5.41, 5.74) is 8.33. The summed E-state index contributed by atoms with van der Waals surface area (Å²) in [7, 11) is 0. The summed E-state index contributed by atoms with van der Waals surface area (Å²) in [6.45, 7) is 3.53. The van der Waals surface area contributed by atoms with Crippen molar-refractivity contribution >= 4 is 34.7 Å². The summed E-state index contributed by atoms with van der Waals surface area (Å²) in [6.07, 6.45) is 3.35. The molecule has 5 rings (SSSR count). The van der Waals surface area contributed by atoms with Gasteiger partial charge in [0.15, 0.2) is 5.78 Å². The first kappa shape index (κ1) is 27.3. The van der Waals surface area contributed by atoms with Crippen molar-refractivity contribution < 1.29 is 28.2 Å². The number of hydrogen-bond donors (Lipinski definition) is 1. The first-order chi connectivity index (χ1) is 19.4. The van der Waals surface area contributed by atoms with E-state index in [2.05, 4.69) is 4.98 Å². The first-order valence-electron chi connectivity index (χ1n) is 13.0. The van der Waals surface area contributed by atoms with Crippen LogP contribution in [0.15, 0.2) is 89.0 Å². The zero-order valence-electron chi connectivity index (χ0n) is 22.0. The molecule has 0 fully saturated rings. The maximum absolute atomic E-state index is 14.6. The highest BCUT2D eigenvalue weighted by molar-refractivity contribution is 7.10. The highest BCUT2D eigenvalue weighted by Gasteiger charge is 2.51. The number of Topliss-reactive ketones (excluding diaryl/α,β-unsaturated/α-hetero) is 1. The number of ketones is 1. The number of benzene rings is 1. The Bertz CT molecular complexity index is 1500. The van der Waals surface area contributed by atoms with Gasteiger partial charge in [-0.05, 0) is 61.5 Å². The van der Waals surface area contributed by atoms with Crippen molar-refractivity contribution in [3.63, 3.8) is 0 Å². The summed E-state index contributed by atoms with van der Waals surface area (Å²) < 4.78 is 25.3. The van der Waals surface area contributed by atoms with Gasteiger partial charge in [0.1, 0.15) is 17.6 Å². The van der Waals surface area contributed by atoms with Gasteiger partial charge in [-0.15, -0.1) is 11.3 Å². The zero-order chi connectivity index (χ0) is 28.4. The second-order valence-electron chi connectivity index (χ2n) is 9.33. The van der Waals surface area contributed by atoms with Gasteiger partial charge in [-0.3, -0.25) is 19.5 Å². The van der Waals surface area contributed by atoms with Gasteiger partial charge < -0.3 is 15.2 Å². The van der Waals surface area contributed by atoms with E-state index in [1.807, 2.05) is 17.5 Å². The molecule has 1 aliphatic heterocycles. The molecule has 0 saturated carbocycles. The normalized spacial score (nSPS) is 20.8. The van der Waals surface area contributed by atoms with E-state index in [4.69, 9.17) is 15.2 Å². The van der Waals surface area contributed by atoms with Crippen LogP contribution < -0.4 is 10.6 Å². The number of halogens is 1. The Labute approximate surface area is 234 Å². The van der Waals surface area contributed by atoms with Crippen LogP contribution in [0.3, 0.4) is 0 Å². The number of anilines is 1. The number of allylic oxidation sites excluding steroid dienone is 2. The Balaban J connectivity index is 1.81. The molecule has 0 spiro atoms. The number of carbonyl (C=O) groups is 3. The van der Waals surface area contributed by atoms with Gasteiger partial charge in [-0.2, -0.15) is 0 Å². The molecule has 0 saturated heterocycles. The van der Waals surface area contributed by atoms with E-state index in [1.54, 1.807) is 44.4 Å². The number of nitrogens with two attached hydrogens (primary N) is 1. The van der Waals surface area contributed by atoms with Gasteiger partial charge in [0, 0.05) is 34.5 Å². The van der Waals surface area contributed by atoms with Gasteiger partial charge in [-0.25, -0.2) is 9.18 Å². The molecule has 3 atom stereocenters. The summed E-state index contributed by atoms with van der Waals surface area (Å²) in [6, 6.07) is 12.9. The number of thiophene rings is 1. The Morgan fingerprint density at radius 1 is 1.12 bits per heavy atom. The minimum atomic E-state index is -1.14. The van der Waals surface area contributed by atoms with Crippen molar-refractivity contribution in [2.24, 2.45) is 11.7 Å². The third kappa shape index (κ3) is 4.79. The molecular formula is C30H28FN3O5S. The van der Waals surface area contributed by atoms with Crippen molar-refractivity contribution in [1.82, 2.24) is 4.98 Å². The minimum Gasteiger partial charge on any atom is -0.465 e. The molecule has 3 aromatic rings. The number of esters is 2. The van der Waals surface area contributed by atoms with E-state index in [9.17, 15) is 18.8 Å². The average Bonchev–Trinajstić information content (AvgIpc) is 3.48. The monoisotopic (exact) mass is 561 g/mol. The van der Waals surface area contributed by atoms with E-state index >= 15 is 0 Å². The number of rotatable bonds is 7. The third-order valence-electron chi connectivity index (χ3n) is 7.07. The van der Waals surface area contributed by atoms with E-state index in [0.717, 1.165) is 4.88 Å². The topological polar surface area (TPSA) is 112 Å². The van der Waals surface area contributed by atoms with Crippen LogP contribution in [-0.4, -0.2) is 35.9 Å². The van der Waals surface area contributed by atoms with Gasteiger partial charge in [-0.1, -0.05) is 18.2 Å². The van der Waals surface area contributed by atoms with Crippen molar-refractivity contribution in [3.8, 4) is 0 Å².